The molecule has 1 heterocycles. The maximum Gasteiger partial charge on any atom is 0.327 e. The molecule has 0 aromatic rings. The third-order valence-electron chi connectivity index (χ3n) is 2.13. The average Bonchev–Trinajstić information content (AvgIpc) is 2.13. The van der Waals surface area contributed by atoms with Crippen LogP contribution in [0.3, 0.4) is 0 Å². The van der Waals surface area contributed by atoms with Crippen LogP contribution in [0.15, 0.2) is 0 Å². The Bertz CT molecular complexity index is 352. The summed E-state index contributed by atoms with van der Waals surface area (Å²) >= 11 is 0. The lowest BCUT2D eigenvalue weighted by Crippen LogP contribution is -2.56. The zero-order chi connectivity index (χ0) is 13.0. The van der Waals surface area contributed by atoms with Crippen LogP contribution in [0.5, 0.6) is 0 Å². The number of nitrogens with one attached hydrogen (secondary N) is 2. The highest BCUT2D eigenvalue weighted by Crippen LogP contribution is 1.98. The van der Waals surface area contributed by atoms with Crippen molar-refractivity contribution in [2.75, 3.05) is 19.6 Å². The Kier molecular flexibility index (Phi) is 4.16. The number of hydrogen-bond acceptors (Lipinski definition) is 5. The molecule has 1 saturated heterocycles. The van der Waals surface area contributed by atoms with E-state index in [9.17, 15) is 19.2 Å². The van der Waals surface area contributed by atoms with Crippen molar-refractivity contribution in [2.45, 2.75) is 13.0 Å². The van der Waals surface area contributed by atoms with E-state index in [0.29, 0.717) is 0 Å². The molecule has 0 spiro atoms. The van der Waals surface area contributed by atoms with Crippen molar-refractivity contribution in [1.29, 1.82) is 0 Å². The molecular weight excluding hydrogens is 230 g/mol. The molecule has 1 aliphatic heterocycles. The third-order valence-corrected chi connectivity index (χ3v) is 2.13. The summed E-state index contributed by atoms with van der Waals surface area (Å²) in [5.41, 5.74) is 0. The first-order valence-corrected chi connectivity index (χ1v) is 4.93. The molecule has 17 heavy (non-hydrogen) atoms. The van der Waals surface area contributed by atoms with Gasteiger partial charge in [-0.2, -0.15) is 0 Å². The number of hydrogen-bond donors (Lipinski definition) is 3. The predicted molar refractivity (Wildman–Crippen MR) is 54.8 cm³/mol. The molecule has 1 rings (SSSR count). The van der Waals surface area contributed by atoms with Crippen LogP contribution in [-0.2, 0) is 19.2 Å². The van der Waals surface area contributed by atoms with Crippen LogP contribution < -0.4 is 10.6 Å². The minimum atomic E-state index is -1.21. The van der Waals surface area contributed by atoms with Crippen molar-refractivity contribution in [2.24, 2.45) is 0 Å². The second-order valence-electron chi connectivity index (χ2n) is 3.73. The van der Waals surface area contributed by atoms with Crippen LogP contribution >= 0.6 is 0 Å². The summed E-state index contributed by atoms with van der Waals surface area (Å²) in [6, 6.07) is -1.13. The maximum atomic E-state index is 11.0. The molecule has 0 saturated carbocycles. The van der Waals surface area contributed by atoms with Gasteiger partial charge in [-0.3, -0.25) is 24.6 Å². The van der Waals surface area contributed by atoms with Crippen molar-refractivity contribution in [3.05, 3.63) is 0 Å². The molecule has 1 atom stereocenters. The first-order chi connectivity index (χ1) is 7.88. The lowest BCUT2D eigenvalue weighted by Gasteiger charge is -2.27. The first-order valence-electron chi connectivity index (χ1n) is 4.93. The largest absolute Gasteiger partial charge is 0.480 e. The van der Waals surface area contributed by atoms with Crippen molar-refractivity contribution in [3.63, 3.8) is 0 Å². The number of carbonyl (C=O) groups is 4. The lowest BCUT2D eigenvalue weighted by molar-refractivity contribution is -0.144. The molecule has 1 aliphatic rings. The lowest BCUT2D eigenvalue weighted by atomic mass is 10.2. The van der Waals surface area contributed by atoms with Gasteiger partial charge in [0.1, 0.15) is 6.04 Å². The molecule has 1 unspecified atom stereocenters. The third kappa shape index (κ3) is 4.19. The molecule has 1 fully saturated rings. The Balaban J connectivity index is 2.60. The molecule has 8 nitrogen and oxygen atoms in total. The fourth-order valence-corrected chi connectivity index (χ4v) is 1.51. The minimum Gasteiger partial charge on any atom is -0.480 e. The van der Waals surface area contributed by atoms with Gasteiger partial charge in [0.05, 0.1) is 13.1 Å². The summed E-state index contributed by atoms with van der Waals surface area (Å²) in [5, 5.41) is 13.2. The van der Waals surface area contributed by atoms with E-state index in [1.54, 1.807) is 0 Å². The van der Waals surface area contributed by atoms with E-state index in [4.69, 9.17) is 5.11 Å². The second kappa shape index (κ2) is 5.39. The van der Waals surface area contributed by atoms with Crippen LogP contribution in [0.2, 0.25) is 0 Å². The smallest absolute Gasteiger partial charge is 0.327 e. The Hall–Kier alpha value is -1.96. The zero-order valence-electron chi connectivity index (χ0n) is 9.23. The van der Waals surface area contributed by atoms with Crippen molar-refractivity contribution in [3.8, 4) is 0 Å². The summed E-state index contributed by atoms with van der Waals surface area (Å²) in [4.78, 5) is 45.1. The number of carboxylic acid groups (broad SMARTS) is 1. The molecule has 0 bridgehead atoms. The van der Waals surface area contributed by atoms with E-state index >= 15 is 0 Å². The van der Waals surface area contributed by atoms with E-state index in [-0.39, 0.29) is 19.6 Å². The van der Waals surface area contributed by atoms with Gasteiger partial charge in [0.2, 0.25) is 17.7 Å². The molecule has 94 valence electrons. The number of carbonyl (C=O) groups excluding carboxylic acids is 3. The predicted octanol–water partition coefficient (Wildman–Crippen LogP) is -2.47. The van der Waals surface area contributed by atoms with E-state index in [0.717, 1.165) is 0 Å². The first kappa shape index (κ1) is 13.1. The van der Waals surface area contributed by atoms with E-state index in [1.165, 1.54) is 11.8 Å². The summed E-state index contributed by atoms with van der Waals surface area (Å²) in [6.45, 7) is 0.988. The number of rotatable bonds is 4. The number of aliphatic carboxylic acids is 1. The summed E-state index contributed by atoms with van der Waals surface area (Å²) < 4.78 is 0. The Morgan fingerprint density at radius 1 is 1.41 bits per heavy atom. The van der Waals surface area contributed by atoms with Gasteiger partial charge in [0, 0.05) is 13.5 Å². The number of nitrogens with zero attached hydrogens (tertiary/aromatic N) is 1. The summed E-state index contributed by atoms with van der Waals surface area (Å²) in [7, 11) is 0. The van der Waals surface area contributed by atoms with Gasteiger partial charge in [0.25, 0.3) is 0 Å². The van der Waals surface area contributed by atoms with Crippen molar-refractivity contribution in [1.82, 2.24) is 15.5 Å². The number of imide groups is 1. The SMILES string of the molecule is CC(=O)NC(CN1CC(=O)NC(=O)C1)C(=O)O. The van der Waals surface area contributed by atoms with E-state index < -0.39 is 29.7 Å². The van der Waals surface area contributed by atoms with Gasteiger partial charge in [-0.25, -0.2) is 4.79 Å². The van der Waals surface area contributed by atoms with Crippen molar-refractivity contribution < 1.29 is 24.3 Å². The number of piperazine rings is 1. The molecule has 3 amide bonds. The number of carboxylic acids is 1. The average molecular weight is 243 g/mol. The monoisotopic (exact) mass is 243 g/mol. The molecule has 3 N–H and O–H groups in total. The molecule has 0 radical (unpaired) electrons. The van der Waals surface area contributed by atoms with Gasteiger partial charge in [-0.15, -0.1) is 0 Å². The summed E-state index contributed by atoms with van der Waals surface area (Å²) in [5.74, 6) is -2.65. The molecule has 8 heteroatoms. The van der Waals surface area contributed by atoms with Gasteiger partial charge < -0.3 is 10.4 Å². The normalized spacial score (nSPS) is 18.4. The van der Waals surface area contributed by atoms with Gasteiger partial charge in [-0.05, 0) is 0 Å². The Morgan fingerprint density at radius 3 is 2.35 bits per heavy atom. The maximum absolute atomic E-state index is 11.0. The minimum absolute atomic E-state index is 0.0604. The quantitative estimate of drug-likeness (QED) is 0.471. The van der Waals surface area contributed by atoms with Crippen LogP contribution in [0.4, 0.5) is 0 Å². The molecule has 0 aromatic heterocycles. The highest BCUT2D eigenvalue weighted by Gasteiger charge is 2.27. The number of amides is 3. The van der Waals surface area contributed by atoms with Gasteiger partial charge >= 0.3 is 5.97 Å². The van der Waals surface area contributed by atoms with E-state index in [2.05, 4.69) is 10.6 Å². The van der Waals surface area contributed by atoms with Crippen LogP contribution in [0, 0.1) is 0 Å². The van der Waals surface area contributed by atoms with Crippen LogP contribution in [0.25, 0.3) is 0 Å². The highest BCUT2D eigenvalue weighted by molar-refractivity contribution is 5.99. The molecule has 0 aliphatic carbocycles. The van der Waals surface area contributed by atoms with Gasteiger partial charge in [0.15, 0.2) is 0 Å². The van der Waals surface area contributed by atoms with Gasteiger partial charge in [-0.1, -0.05) is 0 Å². The van der Waals surface area contributed by atoms with E-state index in [1.807, 2.05) is 0 Å². The fourth-order valence-electron chi connectivity index (χ4n) is 1.51. The summed E-state index contributed by atoms with van der Waals surface area (Å²) in [6.07, 6.45) is 0. The Labute approximate surface area is 97.0 Å². The molecule has 0 aromatic carbocycles. The zero-order valence-corrected chi connectivity index (χ0v) is 9.23. The van der Waals surface area contributed by atoms with Crippen LogP contribution in [0.1, 0.15) is 6.92 Å². The standard InChI is InChI=1S/C9H13N3O5/c1-5(13)10-6(9(16)17)2-12-3-7(14)11-8(15)4-12/h6H,2-4H2,1H3,(H,10,13)(H,16,17)(H,11,14,15). The van der Waals surface area contributed by atoms with Crippen LogP contribution in [-0.4, -0.2) is 59.4 Å². The molecular formula is C9H13N3O5. The Morgan fingerprint density at radius 2 is 1.94 bits per heavy atom. The van der Waals surface area contributed by atoms with Crippen molar-refractivity contribution >= 4 is 23.7 Å². The topological polar surface area (TPSA) is 116 Å². The fraction of sp³-hybridized carbons (Fsp3) is 0.556. The highest BCUT2D eigenvalue weighted by atomic mass is 16.4. The second-order valence-corrected chi connectivity index (χ2v) is 3.73.